The van der Waals surface area contributed by atoms with Crippen molar-refractivity contribution in [3.05, 3.63) is 78.2 Å². The number of imidazole rings is 1. The quantitative estimate of drug-likeness (QED) is 0.169. The van der Waals surface area contributed by atoms with Crippen LogP contribution in [0, 0.1) is 5.41 Å². The molecule has 1 saturated carbocycles. The molecule has 0 aliphatic heterocycles. The van der Waals surface area contributed by atoms with Gasteiger partial charge in [0.2, 0.25) is 5.91 Å². The lowest BCUT2D eigenvalue weighted by atomic mass is 9.98. The lowest BCUT2D eigenvalue weighted by Gasteiger charge is -2.25. The minimum absolute atomic E-state index is 0.0910. The number of hydrogen-bond acceptors (Lipinski definition) is 7. The van der Waals surface area contributed by atoms with Gasteiger partial charge in [-0.1, -0.05) is 55.5 Å². The molecule has 1 aliphatic carbocycles. The molecule has 5 rings (SSSR count). The molecule has 246 valence electrons. The first-order chi connectivity index (χ1) is 22.3. The zero-order chi connectivity index (χ0) is 33.8. The van der Waals surface area contributed by atoms with Gasteiger partial charge in [0.1, 0.15) is 18.0 Å². The molecule has 4 aromatic rings. The Morgan fingerprint density at radius 1 is 0.872 bits per heavy atom. The fourth-order valence-corrected chi connectivity index (χ4v) is 5.17. The fraction of sp³-hybridized carbons (Fsp3) is 0.361. The average molecular weight is 640 g/mol. The summed E-state index contributed by atoms with van der Waals surface area (Å²) in [6.07, 6.45) is 2.69. The number of carbonyl (C=O) groups is 4. The number of alkyl carbamates (subject to hydrolysis) is 2. The molecule has 1 fully saturated rings. The summed E-state index contributed by atoms with van der Waals surface area (Å²) >= 11 is 0. The van der Waals surface area contributed by atoms with Crippen molar-refractivity contribution in [2.75, 3.05) is 26.7 Å². The predicted molar refractivity (Wildman–Crippen MR) is 179 cm³/mol. The Labute approximate surface area is 274 Å². The number of hydrogen-bond donors (Lipinski definition) is 3. The van der Waals surface area contributed by atoms with Crippen molar-refractivity contribution < 1.29 is 28.7 Å². The highest BCUT2D eigenvalue weighted by Gasteiger charge is 2.40. The second-order valence-electron chi connectivity index (χ2n) is 13.3. The molecular formula is C36H41N5O6. The summed E-state index contributed by atoms with van der Waals surface area (Å²) in [6.45, 7) is 8.06. The maximum atomic E-state index is 12.9. The summed E-state index contributed by atoms with van der Waals surface area (Å²) in [5, 5.41) is 7.08. The van der Waals surface area contributed by atoms with Gasteiger partial charge < -0.3 is 30.0 Å². The van der Waals surface area contributed by atoms with Crippen LogP contribution < -0.4 is 10.6 Å². The third-order valence-electron chi connectivity index (χ3n) is 8.04. The monoisotopic (exact) mass is 639 g/mol. The van der Waals surface area contributed by atoms with Crippen LogP contribution in [0.4, 0.5) is 9.59 Å². The number of ketones is 1. The number of H-pyrrole nitrogens is 1. The molecule has 11 heteroatoms. The molecular weight excluding hydrogens is 598 g/mol. The van der Waals surface area contributed by atoms with Crippen LogP contribution in [0.2, 0.25) is 0 Å². The number of fused-ring (bicyclic) bond motifs is 1. The van der Waals surface area contributed by atoms with Gasteiger partial charge in [-0.15, -0.1) is 0 Å². The lowest BCUT2D eigenvalue weighted by molar-refractivity contribution is -0.131. The number of aromatic nitrogens is 2. The fourth-order valence-electron chi connectivity index (χ4n) is 5.17. The van der Waals surface area contributed by atoms with Crippen molar-refractivity contribution in [3.63, 3.8) is 0 Å². The van der Waals surface area contributed by atoms with E-state index in [-0.39, 0.29) is 30.2 Å². The van der Waals surface area contributed by atoms with Crippen LogP contribution >= 0.6 is 0 Å². The van der Waals surface area contributed by atoms with E-state index >= 15 is 0 Å². The van der Waals surface area contributed by atoms with E-state index in [9.17, 15) is 19.2 Å². The molecule has 3 aromatic carbocycles. The molecule has 0 bridgehead atoms. The van der Waals surface area contributed by atoms with Crippen molar-refractivity contribution in [1.29, 1.82) is 0 Å². The largest absolute Gasteiger partial charge is 0.453 e. The van der Waals surface area contributed by atoms with Gasteiger partial charge in [-0.05, 0) is 73.1 Å². The summed E-state index contributed by atoms with van der Waals surface area (Å²) in [7, 11) is 1.26. The van der Waals surface area contributed by atoms with Crippen LogP contribution in [0.25, 0.3) is 33.2 Å². The Morgan fingerprint density at radius 3 is 2.13 bits per heavy atom. The van der Waals surface area contributed by atoms with Gasteiger partial charge in [-0.2, -0.15) is 0 Å². The molecule has 0 atom stereocenters. The summed E-state index contributed by atoms with van der Waals surface area (Å²) in [4.78, 5) is 58.6. The number of aromatic amines is 1. The Hall–Kier alpha value is -5.19. The summed E-state index contributed by atoms with van der Waals surface area (Å²) < 4.78 is 9.78. The van der Waals surface area contributed by atoms with Crippen LogP contribution in [-0.4, -0.2) is 71.1 Å². The van der Waals surface area contributed by atoms with Crippen LogP contribution in [0.15, 0.2) is 66.9 Å². The van der Waals surface area contributed by atoms with Crippen LogP contribution in [-0.2, 0) is 20.8 Å². The number of methoxy groups -OCH3 is 1. The first-order valence-electron chi connectivity index (χ1n) is 15.6. The minimum atomic E-state index is -0.643. The lowest BCUT2D eigenvalue weighted by Crippen LogP contribution is -2.42. The summed E-state index contributed by atoms with van der Waals surface area (Å²) in [6, 6.07) is 19.6. The van der Waals surface area contributed by atoms with Crippen LogP contribution in [0.3, 0.4) is 0 Å². The van der Waals surface area contributed by atoms with Crippen molar-refractivity contribution >= 4 is 34.6 Å². The zero-order valence-corrected chi connectivity index (χ0v) is 27.4. The third-order valence-corrected chi connectivity index (χ3v) is 8.04. The first kappa shape index (κ1) is 33.2. The molecule has 0 saturated heterocycles. The van der Waals surface area contributed by atoms with E-state index < -0.39 is 17.8 Å². The molecule has 1 aromatic heterocycles. The Bertz CT molecular complexity index is 1790. The number of amides is 3. The van der Waals surface area contributed by atoms with Crippen molar-refractivity contribution in [2.24, 2.45) is 5.41 Å². The summed E-state index contributed by atoms with van der Waals surface area (Å²) in [5.41, 5.74) is 3.64. The van der Waals surface area contributed by atoms with Crippen molar-refractivity contribution in [3.8, 4) is 22.4 Å². The van der Waals surface area contributed by atoms with E-state index in [4.69, 9.17) is 9.72 Å². The van der Waals surface area contributed by atoms with E-state index in [2.05, 4.69) is 45.5 Å². The molecule has 1 heterocycles. The maximum Gasteiger partial charge on any atom is 0.408 e. The van der Waals surface area contributed by atoms with Crippen molar-refractivity contribution in [2.45, 2.75) is 52.7 Å². The van der Waals surface area contributed by atoms with Gasteiger partial charge in [0, 0.05) is 23.9 Å². The Kier molecular flexibility index (Phi) is 9.64. The molecule has 11 nitrogen and oxygen atoms in total. The van der Waals surface area contributed by atoms with E-state index in [1.807, 2.05) is 36.5 Å². The molecule has 3 N–H and O–H groups in total. The highest BCUT2D eigenvalue weighted by Crippen LogP contribution is 2.45. The smallest absolute Gasteiger partial charge is 0.408 e. The second kappa shape index (κ2) is 13.7. The minimum Gasteiger partial charge on any atom is -0.453 e. The normalized spacial score (nSPS) is 13.5. The van der Waals surface area contributed by atoms with Crippen LogP contribution in [0.1, 0.15) is 56.7 Å². The molecule has 0 radical (unpaired) electrons. The van der Waals surface area contributed by atoms with Gasteiger partial charge in [0.05, 0.1) is 25.9 Å². The molecule has 0 unspecified atom stereocenters. The number of benzene rings is 3. The van der Waals surface area contributed by atoms with Gasteiger partial charge in [0.15, 0.2) is 5.78 Å². The van der Waals surface area contributed by atoms with E-state index in [1.165, 1.54) is 7.11 Å². The highest BCUT2D eigenvalue weighted by atomic mass is 16.6. The van der Waals surface area contributed by atoms with Gasteiger partial charge in [-0.25, -0.2) is 14.6 Å². The average Bonchev–Trinajstić information content (AvgIpc) is 3.58. The topological polar surface area (TPSA) is 143 Å². The maximum absolute atomic E-state index is 12.9. The van der Waals surface area contributed by atoms with E-state index in [0.29, 0.717) is 24.5 Å². The number of rotatable bonds is 11. The molecule has 1 aliphatic rings. The predicted octanol–water partition coefficient (Wildman–Crippen LogP) is 6.09. The standard InChI is InChI=1S/C36H41N5O6/c1-35(2,3)47-34(45)38-19-30(42)24-8-6-23(7-9-24)25-10-11-27-17-28(13-12-26(27)16-25)29-18-37-31(40-29)21-41(22-36(4)14-15-36)32(43)20-39-33(44)46-5/h6-13,16-18H,14-15,19-22H2,1-5H3,(H,37,40)(H,38,45)(H,39,44). The number of nitrogens with one attached hydrogen (secondary N) is 3. The highest BCUT2D eigenvalue weighted by molar-refractivity contribution is 5.99. The number of nitrogens with zero attached hydrogens (tertiary/aromatic N) is 2. The van der Waals surface area contributed by atoms with E-state index in [1.54, 1.807) is 37.8 Å². The van der Waals surface area contributed by atoms with E-state index in [0.717, 1.165) is 46.0 Å². The molecule has 47 heavy (non-hydrogen) atoms. The molecule has 3 amide bonds. The summed E-state index contributed by atoms with van der Waals surface area (Å²) in [5.74, 6) is 0.259. The van der Waals surface area contributed by atoms with Crippen molar-refractivity contribution in [1.82, 2.24) is 25.5 Å². The number of Topliss-reactive ketones (excluding diaryl/α,β-unsaturated/α-hetero) is 1. The van der Waals surface area contributed by atoms with Crippen LogP contribution in [0.5, 0.6) is 0 Å². The number of carbonyl (C=O) groups excluding carboxylic acids is 4. The Balaban J connectivity index is 1.23. The van der Waals surface area contributed by atoms with Gasteiger partial charge in [0.25, 0.3) is 0 Å². The zero-order valence-electron chi connectivity index (χ0n) is 27.4. The second-order valence-corrected chi connectivity index (χ2v) is 13.3. The SMILES string of the molecule is COC(=O)NCC(=O)N(Cc1nc(-c2ccc3cc(-c4ccc(C(=O)CNC(=O)OC(C)(C)C)cc4)ccc3c2)c[nH]1)CC1(C)CC1. The van der Waals surface area contributed by atoms with Gasteiger partial charge in [-0.3, -0.25) is 9.59 Å². The first-order valence-corrected chi connectivity index (χ1v) is 15.6. The van der Waals surface area contributed by atoms with Gasteiger partial charge >= 0.3 is 12.2 Å². The number of ether oxygens (including phenoxy) is 2. The third kappa shape index (κ3) is 8.96. The Morgan fingerprint density at radius 2 is 1.49 bits per heavy atom. The molecule has 0 spiro atoms.